The fraction of sp³-hybridized carbons (Fsp3) is 1.00. The Labute approximate surface area is 99.8 Å². The fourth-order valence-corrected chi connectivity index (χ4v) is 3.72. The van der Waals surface area contributed by atoms with Crippen molar-refractivity contribution < 1.29 is 0 Å². The lowest BCUT2D eigenvalue weighted by Gasteiger charge is -2.43. The van der Waals surface area contributed by atoms with Crippen LogP contribution in [0.1, 0.15) is 51.9 Å². The van der Waals surface area contributed by atoms with Gasteiger partial charge in [0.1, 0.15) is 0 Å². The summed E-state index contributed by atoms with van der Waals surface area (Å²) in [6, 6.07) is 2.56. The zero-order chi connectivity index (χ0) is 11.0. The highest BCUT2D eigenvalue weighted by atomic mass is 15.3. The summed E-state index contributed by atoms with van der Waals surface area (Å²) in [6.07, 6.45) is 10.2. The third-order valence-corrected chi connectivity index (χ3v) is 4.95. The highest BCUT2D eigenvalue weighted by Gasteiger charge is 2.39. The van der Waals surface area contributed by atoms with Gasteiger partial charge in [0, 0.05) is 31.2 Å². The van der Waals surface area contributed by atoms with Gasteiger partial charge < -0.3 is 5.32 Å². The van der Waals surface area contributed by atoms with Gasteiger partial charge in [0.05, 0.1) is 0 Å². The maximum Gasteiger partial charge on any atom is 0.0224 e. The summed E-state index contributed by atoms with van der Waals surface area (Å²) in [4.78, 5) is 2.87. The smallest absolute Gasteiger partial charge is 0.0224 e. The molecule has 2 unspecified atom stereocenters. The third-order valence-electron chi connectivity index (χ3n) is 4.95. The molecule has 0 amide bonds. The van der Waals surface area contributed by atoms with Crippen LogP contribution in [0.4, 0.5) is 0 Å². The van der Waals surface area contributed by atoms with Crippen molar-refractivity contribution >= 4 is 0 Å². The van der Waals surface area contributed by atoms with E-state index in [1.807, 2.05) is 0 Å². The number of nitrogens with one attached hydrogen (secondary N) is 1. The molecule has 2 nitrogen and oxygen atoms in total. The van der Waals surface area contributed by atoms with Gasteiger partial charge in [0.25, 0.3) is 0 Å². The third kappa shape index (κ3) is 2.14. The van der Waals surface area contributed by atoms with E-state index in [-0.39, 0.29) is 0 Å². The van der Waals surface area contributed by atoms with E-state index < -0.39 is 0 Å². The number of piperazine rings is 1. The van der Waals surface area contributed by atoms with E-state index in [4.69, 9.17) is 0 Å². The number of nitrogens with zero attached hydrogens (tertiary/aromatic N) is 1. The van der Waals surface area contributed by atoms with Crippen molar-refractivity contribution in [3.05, 3.63) is 0 Å². The Bertz CT molecular complexity index is 229. The minimum atomic E-state index is 0.818. The Morgan fingerprint density at radius 1 is 1.12 bits per heavy atom. The van der Waals surface area contributed by atoms with Gasteiger partial charge in [-0.15, -0.1) is 0 Å². The van der Waals surface area contributed by atoms with Crippen LogP contribution in [0.2, 0.25) is 0 Å². The van der Waals surface area contributed by atoms with Crippen LogP contribution in [0.25, 0.3) is 0 Å². The average molecular weight is 222 g/mol. The molecule has 16 heavy (non-hydrogen) atoms. The molecule has 1 N–H and O–H groups in total. The van der Waals surface area contributed by atoms with Crippen molar-refractivity contribution in [3.8, 4) is 0 Å². The van der Waals surface area contributed by atoms with Gasteiger partial charge in [-0.25, -0.2) is 0 Å². The molecule has 3 aliphatic rings. The Kier molecular flexibility index (Phi) is 3.21. The minimum absolute atomic E-state index is 0.818. The first-order valence-electron chi connectivity index (χ1n) is 7.37. The molecule has 1 aliphatic heterocycles. The molecule has 1 heterocycles. The maximum absolute atomic E-state index is 3.79. The van der Waals surface area contributed by atoms with Crippen molar-refractivity contribution in [2.24, 2.45) is 5.92 Å². The summed E-state index contributed by atoms with van der Waals surface area (Å²) < 4.78 is 0. The number of rotatable bonds is 3. The van der Waals surface area contributed by atoms with E-state index in [1.54, 1.807) is 0 Å². The molecule has 0 bridgehead atoms. The Balaban J connectivity index is 1.64. The van der Waals surface area contributed by atoms with E-state index in [2.05, 4.69) is 17.1 Å². The first kappa shape index (κ1) is 11.0. The van der Waals surface area contributed by atoms with Crippen LogP contribution < -0.4 is 5.32 Å². The lowest BCUT2D eigenvalue weighted by atomic mass is 10.0. The Hall–Kier alpha value is -0.0800. The van der Waals surface area contributed by atoms with E-state index in [1.165, 1.54) is 58.0 Å². The summed E-state index contributed by atoms with van der Waals surface area (Å²) in [5, 5.41) is 3.79. The van der Waals surface area contributed by atoms with Crippen LogP contribution in [-0.4, -0.2) is 36.1 Å². The van der Waals surface area contributed by atoms with Gasteiger partial charge in [-0.1, -0.05) is 19.8 Å². The molecule has 3 rings (SSSR count). The van der Waals surface area contributed by atoms with Gasteiger partial charge in [-0.05, 0) is 38.0 Å². The molecule has 2 heteroatoms. The van der Waals surface area contributed by atoms with Crippen LogP contribution in [0.15, 0.2) is 0 Å². The largest absolute Gasteiger partial charge is 0.311 e. The molecule has 2 aliphatic carbocycles. The zero-order valence-electron chi connectivity index (χ0n) is 10.6. The van der Waals surface area contributed by atoms with Gasteiger partial charge in [0.15, 0.2) is 0 Å². The normalized spacial score (nSPS) is 38.1. The summed E-state index contributed by atoms with van der Waals surface area (Å²) in [5.41, 5.74) is 0. The predicted molar refractivity (Wildman–Crippen MR) is 67.6 cm³/mol. The maximum atomic E-state index is 3.79. The van der Waals surface area contributed by atoms with E-state index in [0.29, 0.717) is 0 Å². The van der Waals surface area contributed by atoms with Gasteiger partial charge in [-0.3, -0.25) is 4.90 Å². The molecule has 0 radical (unpaired) electrons. The van der Waals surface area contributed by atoms with Crippen molar-refractivity contribution in [2.75, 3.05) is 13.1 Å². The zero-order valence-corrected chi connectivity index (χ0v) is 10.6. The quantitative estimate of drug-likeness (QED) is 0.789. The number of hydrogen-bond acceptors (Lipinski definition) is 2. The van der Waals surface area contributed by atoms with Crippen LogP contribution in [-0.2, 0) is 0 Å². The minimum Gasteiger partial charge on any atom is -0.311 e. The van der Waals surface area contributed by atoms with Crippen LogP contribution in [0.5, 0.6) is 0 Å². The molecule has 2 saturated carbocycles. The van der Waals surface area contributed by atoms with Crippen LogP contribution in [0, 0.1) is 5.92 Å². The molecule has 92 valence electrons. The fourth-order valence-electron chi connectivity index (χ4n) is 3.72. The molecular formula is C14H26N2. The second-order valence-corrected chi connectivity index (χ2v) is 6.05. The summed E-state index contributed by atoms with van der Waals surface area (Å²) >= 11 is 0. The first-order valence-corrected chi connectivity index (χ1v) is 7.37. The SMILES string of the molecule is CCC1CNC(C2CC2)CN1C1CCCC1. The van der Waals surface area contributed by atoms with Crippen molar-refractivity contribution in [1.82, 2.24) is 10.2 Å². The highest BCUT2D eigenvalue weighted by Crippen LogP contribution is 2.36. The topological polar surface area (TPSA) is 15.3 Å². The molecule has 0 spiro atoms. The van der Waals surface area contributed by atoms with E-state index >= 15 is 0 Å². The van der Waals surface area contributed by atoms with E-state index in [0.717, 1.165) is 24.0 Å². The second-order valence-electron chi connectivity index (χ2n) is 6.05. The number of hydrogen-bond donors (Lipinski definition) is 1. The monoisotopic (exact) mass is 222 g/mol. The summed E-state index contributed by atoms with van der Waals surface area (Å²) in [6.45, 7) is 4.94. The summed E-state index contributed by atoms with van der Waals surface area (Å²) in [5.74, 6) is 1.02. The molecule has 0 aromatic rings. The van der Waals surface area contributed by atoms with Crippen molar-refractivity contribution in [3.63, 3.8) is 0 Å². The van der Waals surface area contributed by atoms with Crippen molar-refractivity contribution in [1.29, 1.82) is 0 Å². The standard InChI is InChI=1S/C14H26N2/c1-2-12-9-15-14(11-7-8-11)10-16(12)13-5-3-4-6-13/h11-15H,2-10H2,1H3. The van der Waals surface area contributed by atoms with Crippen LogP contribution in [0.3, 0.4) is 0 Å². The van der Waals surface area contributed by atoms with Crippen molar-refractivity contribution in [2.45, 2.75) is 70.0 Å². The molecular weight excluding hydrogens is 196 g/mol. The van der Waals surface area contributed by atoms with Crippen LogP contribution >= 0.6 is 0 Å². The molecule has 1 saturated heterocycles. The molecule has 0 aromatic carbocycles. The Morgan fingerprint density at radius 3 is 2.50 bits per heavy atom. The first-order chi connectivity index (χ1) is 7.88. The average Bonchev–Trinajstić information content (AvgIpc) is 3.04. The van der Waals surface area contributed by atoms with Gasteiger partial charge in [-0.2, -0.15) is 0 Å². The second kappa shape index (κ2) is 4.66. The highest BCUT2D eigenvalue weighted by molar-refractivity contribution is 4.96. The summed E-state index contributed by atoms with van der Waals surface area (Å²) in [7, 11) is 0. The van der Waals surface area contributed by atoms with Gasteiger partial charge >= 0.3 is 0 Å². The predicted octanol–water partition coefficient (Wildman–Crippen LogP) is 2.39. The molecule has 2 atom stereocenters. The van der Waals surface area contributed by atoms with Gasteiger partial charge in [0.2, 0.25) is 0 Å². The lowest BCUT2D eigenvalue weighted by Crippen LogP contribution is -2.59. The molecule has 0 aromatic heterocycles. The lowest BCUT2D eigenvalue weighted by molar-refractivity contribution is 0.0755. The van der Waals surface area contributed by atoms with E-state index in [9.17, 15) is 0 Å². The Morgan fingerprint density at radius 2 is 1.88 bits per heavy atom. The molecule has 3 fully saturated rings.